The summed E-state index contributed by atoms with van der Waals surface area (Å²) in [7, 11) is 0. The fourth-order valence-electron chi connectivity index (χ4n) is 2.22. The van der Waals surface area contributed by atoms with E-state index in [4.69, 9.17) is 4.42 Å². The zero-order valence-electron chi connectivity index (χ0n) is 11.4. The molecule has 1 amide bonds. The van der Waals surface area contributed by atoms with Gasteiger partial charge >= 0.3 is 0 Å². The van der Waals surface area contributed by atoms with E-state index in [1.54, 1.807) is 0 Å². The van der Waals surface area contributed by atoms with E-state index in [1.807, 2.05) is 50.2 Å². The highest BCUT2D eigenvalue weighted by Gasteiger charge is 2.11. The van der Waals surface area contributed by atoms with Crippen LogP contribution in [0.15, 0.2) is 40.8 Å². The van der Waals surface area contributed by atoms with Crippen LogP contribution >= 0.6 is 11.3 Å². The van der Waals surface area contributed by atoms with Gasteiger partial charge in [-0.05, 0) is 37.4 Å². The van der Waals surface area contributed by atoms with Gasteiger partial charge in [0, 0.05) is 16.8 Å². The van der Waals surface area contributed by atoms with Crippen LogP contribution in [-0.2, 0) is 6.54 Å². The van der Waals surface area contributed by atoms with Crippen molar-refractivity contribution in [2.45, 2.75) is 20.4 Å². The molecule has 1 aromatic carbocycles. The molecule has 3 rings (SSSR count). The lowest BCUT2D eigenvalue weighted by Crippen LogP contribution is -2.21. The molecule has 2 heterocycles. The third-order valence-corrected chi connectivity index (χ3v) is 4.35. The summed E-state index contributed by atoms with van der Waals surface area (Å²) < 4.78 is 6.58. The van der Waals surface area contributed by atoms with Gasteiger partial charge < -0.3 is 9.73 Å². The van der Waals surface area contributed by atoms with Gasteiger partial charge in [-0.1, -0.05) is 18.2 Å². The fraction of sp³-hybridized carbons (Fsp3) is 0.188. The van der Waals surface area contributed by atoms with Crippen molar-refractivity contribution >= 4 is 27.3 Å². The van der Waals surface area contributed by atoms with Crippen molar-refractivity contribution < 1.29 is 9.21 Å². The molecule has 0 aliphatic heterocycles. The van der Waals surface area contributed by atoms with Crippen LogP contribution < -0.4 is 5.32 Å². The summed E-state index contributed by atoms with van der Waals surface area (Å²) in [5.41, 5.74) is 1.02. The monoisotopic (exact) mass is 285 g/mol. The second kappa shape index (κ2) is 5.13. The number of carbonyl (C=O) groups is 1. The van der Waals surface area contributed by atoms with Gasteiger partial charge in [0.15, 0.2) is 0 Å². The molecule has 0 atom stereocenters. The smallest absolute Gasteiger partial charge is 0.261 e. The van der Waals surface area contributed by atoms with Crippen molar-refractivity contribution in [3.63, 3.8) is 0 Å². The summed E-state index contributed by atoms with van der Waals surface area (Å²) in [5.74, 6) is 1.69. The number of thiophene rings is 1. The second-order valence-corrected chi connectivity index (χ2v) is 5.85. The molecular weight excluding hydrogens is 270 g/mol. The number of benzene rings is 1. The topological polar surface area (TPSA) is 42.2 Å². The maximum absolute atomic E-state index is 12.2. The maximum Gasteiger partial charge on any atom is 0.261 e. The Bertz CT molecular complexity index is 737. The minimum atomic E-state index is -0.0375. The summed E-state index contributed by atoms with van der Waals surface area (Å²) >= 11 is 1.51. The molecule has 0 radical (unpaired) electrons. The van der Waals surface area contributed by atoms with Crippen molar-refractivity contribution in [1.29, 1.82) is 0 Å². The van der Waals surface area contributed by atoms with E-state index in [9.17, 15) is 4.79 Å². The number of hydrogen-bond acceptors (Lipinski definition) is 3. The first kappa shape index (κ1) is 12.9. The molecule has 0 spiro atoms. The summed E-state index contributed by atoms with van der Waals surface area (Å²) in [6, 6.07) is 11.9. The Hall–Kier alpha value is -2.07. The fourth-order valence-corrected chi connectivity index (χ4v) is 3.19. The minimum Gasteiger partial charge on any atom is -0.466 e. The average molecular weight is 285 g/mol. The second-order valence-electron chi connectivity index (χ2n) is 4.77. The Morgan fingerprint density at radius 3 is 2.75 bits per heavy atom. The molecule has 102 valence electrons. The van der Waals surface area contributed by atoms with E-state index in [1.165, 1.54) is 11.3 Å². The molecule has 0 saturated heterocycles. The molecule has 3 nitrogen and oxygen atoms in total. The highest BCUT2D eigenvalue weighted by molar-refractivity contribution is 7.20. The van der Waals surface area contributed by atoms with Gasteiger partial charge in [0.2, 0.25) is 0 Å². The van der Waals surface area contributed by atoms with E-state index >= 15 is 0 Å². The Morgan fingerprint density at radius 1 is 1.25 bits per heavy atom. The molecule has 0 aliphatic carbocycles. The highest BCUT2D eigenvalue weighted by Crippen LogP contribution is 2.25. The molecule has 0 unspecified atom stereocenters. The molecule has 0 aliphatic rings. The van der Waals surface area contributed by atoms with E-state index in [-0.39, 0.29) is 5.91 Å². The molecule has 0 saturated carbocycles. The molecule has 0 fully saturated rings. The molecular formula is C16H15NO2S. The number of fused-ring (bicyclic) bond motifs is 1. The Morgan fingerprint density at radius 2 is 2.05 bits per heavy atom. The number of furan rings is 1. The van der Waals surface area contributed by atoms with Crippen molar-refractivity contribution in [3.05, 3.63) is 58.4 Å². The van der Waals surface area contributed by atoms with Crippen LogP contribution in [0.4, 0.5) is 0 Å². The largest absolute Gasteiger partial charge is 0.466 e. The van der Waals surface area contributed by atoms with Crippen LogP contribution in [0.25, 0.3) is 10.1 Å². The van der Waals surface area contributed by atoms with Crippen LogP contribution in [0.2, 0.25) is 0 Å². The lowest BCUT2D eigenvalue weighted by molar-refractivity contribution is 0.0955. The van der Waals surface area contributed by atoms with Crippen molar-refractivity contribution in [1.82, 2.24) is 5.32 Å². The lowest BCUT2D eigenvalue weighted by atomic mass is 10.2. The molecule has 20 heavy (non-hydrogen) atoms. The quantitative estimate of drug-likeness (QED) is 0.789. The normalized spacial score (nSPS) is 10.9. The van der Waals surface area contributed by atoms with Crippen molar-refractivity contribution in [3.8, 4) is 0 Å². The van der Waals surface area contributed by atoms with E-state index in [0.717, 1.165) is 32.0 Å². The lowest BCUT2D eigenvalue weighted by Gasteiger charge is -2.01. The van der Waals surface area contributed by atoms with E-state index in [0.29, 0.717) is 6.54 Å². The SMILES string of the molecule is Cc1cc(CNC(=O)c2cc3ccccc3s2)c(C)o1. The summed E-state index contributed by atoms with van der Waals surface area (Å²) in [6.07, 6.45) is 0. The highest BCUT2D eigenvalue weighted by atomic mass is 32.1. The number of carbonyl (C=O) groups excluding carboxylic acids is 1. The summed E-state index contributed by atoms with van der Waals surface area (Å²) in [5, 5.41) is 4.05. The number of aryl methyl sites for hydroxylation is 2. The summed E-state index contributed by atoms with van der Waals surface area (Å²) in [6.45, 7) is 4.31. The van der Waals surface area contributed by atoms with Crippen LogP contribution in [0, 0.1) is 13.8 Å². The first-order valence-electron chi connectivity index (χ1n) is 6.46. The van der Waals surface area contributed by atoms with Gasteiger partial charge in [-0.3, -0.25) is 4.79 Å². The molecule has 4 heteroatoms. The van der Waals surface area contributed by atoms with Crippen molar-refractivity contribution in [2.24, 2.45) is 0 Å². The standard InChI is InChI=1S/C16H15NO2S/c1-10-7-13(11(2)19-10)9-17-16(18)15-8-12-5-3-4-6-14(12)20-15/h3-8H,9H2,1-2H3,(H,17,18). The van der Waals surface area contributed by atoms with Gasteiger partial charge in [-0.15, -0.1) is 11.3 Å². The van der Waals surface area contributed by atoms with Gasteiger partial charge in [-0.25, -0.2) is 0 Å². The zero-order valence-corrected chi connectivity index (χ0v) is 12.2. The first-order chi connectivity index (χ1) is 9.63. The van der Waals surface area contributed by atoms with Crippen LogP contribution in [0.1, 0.15) is 26.8 Å². The number of hydrogen-bond donors (Lipinski definition) is 1. The first-order valence-corrected chi connectivity index (χ1v) is 7.28. The third-order valence-electron chi connectivity index (χ3n) is 3.23. The Balaban J connectivity index is 1.74. The van der Waals surface area contributed by atoms with Crippen LogP contribution in [0.5, 0.6) is 0 Å². The average Bonchev–Trinajstić information content (AvgIpc) is 2.99. The predicted octanol–water partition coefficient (Wildman–Crippen LogP) is 4.04. The molecule has 3 aromatic rings. The number of rotatable bonds is 3. The predicted molar refractivity (Wildman–Crippen MR) is 81.2 cm³/mol. The van der Waals surface area contributed by atoms with Gasteiger partial charge in [0.05, 0.1) is 4.88 Å². The van der Waals surface area contributed by atoms with Crippen LogP contribution in [-0.4, -0.2) is 5.91 Å². The molecule has 2 aromatic heterocycles. The minimum absolute atomic E-state index is 0.0375. The summed E-state index contributed by atoms with van der Waals surface area (Å²) in [4.78, 5) is 12.9. The Labute approximate surface area is 121 Å². The Kier molecular flexibility index (Phi) is 3.32. The van der Waals surface area contributed by atoms with Gasteiger partial charge in [0.25, 0.3) is 5.91 Å². The van der Waals surface area contributed by atoms with Gasteiger partial charge in [-0.2, -0.15) is 0 Å². The van der Waals surface area contributed by atoms with E-state index < -0.39 is 0 Å². The maximum atomic E-state index is 12.2. The van der Waals surface area contributed by atoms with E-state index in [2.05, 4.69) is 5.32 Å². The molecule has 1 N–H and O–H groups in total. The van der Waals surface area contributed by atoms with Crippen molar-refractivity contribution in [2.75, 3.05) is 0 Å². The number of amides is 1. The van der Waals surface area contributed by atoms with Crippen LogP contribution in [0.3, 0.4) is 0 Å². The third kappa shape index (κ3) is 2.47. The zero-order chi connectivity index (χ0) is 14.1. The van der Waals surface area contributed by atoms with Gasteiger partial charge in [0.1, 0.15) is 11.5 Å². The number of nitrogens with one attached hydrogen (secondary N) is 1. The molecule has 0 bridgehead atoms.